The molecule has 0 saturated heterocycles. The van der Waals surface area contributed by atoms with Gasteiger partial charge in [0.05, 0.1) is 0 Å². The van der Waals surface area contributed by atoms with Crippen molar-refractivity contribution in [2.24, 2.45) is 5.41 Å². The van der Waals surface area contributed by atoms with Crippen molar-refractivity contribution in [3.63, 3.8) is 0 Å². The van der Waals surface area contributed by atoms with E-state index >= 15 is 0 Å². The van der Waals surface area contributed by atoms with E-state index in [1.165, 1.54) is 0 Å². The zero-order valence-corrected chi connectivity index (χ0v) is 15.0. The van der Waals surface area contributed by atoms with Gasteiger partial charge in [-0.1, -0.05) is 37.0 Å². The number of ketones is 1. The fraction of sp³-hybridized carbons (Fsp3) is 0.600. The molecule has 2 rings (SSSR count). The molecule has 1 aromatic rings. The van der Waals surface area contributed by atoms with Crippen LogP contribution in [0.4, 0.5) is 0 Å². The standard InChI is InChI=1S/C20H28O3/c1-13-11-14(2)16(15(3)12-13)19(4,5)17(21)20(18(22)23)9-7-6-8-10-20/h11-12H,6-10H2,1-5H3,(H,22,23). The third kappa shape index (κ3) is 2.93. The van der Waals surface area contributed by atoms with Crippen molar-refractivity contribution in [2.75, 3.05) is 0 Å². The lowest BCUT2D eigenvalue weighted by molar-refractivity contribution is -0.159. The van der Waals surface area contributed by atoms with Gasteiger partial charge in [-0.3, -0.25) is 9.59 Å². The Morgan fingerprint density at radius 3 is 1.91 bits per heavy atom. The van der Waals surface area contributed by atoms with Crippen LogP contribution in [0.1, 0.15) is 68.2 Å². The third-order valence-electron chi connectivity index (χ3n) is 5.42. The topological polar surface area (TPSA) is 54.4 Å². The first-order valence-electron chi connectivity index (χ1n) is 8.49. The lowest BCUT2D eigenvalue weighted by Gasteiger charge is -2.39. The molecule has 1 saturated carbocycles. The normalized spacial score (nSPS) is 17.8. The maximum atomic E-state index is 13.4. The highest BCUT2D eigenvalue weighted by Gasteiger charge is 2.52. The second kappa shape index (κ2) is 6.10. The molecule has 0 radical (unpaired) electrons. The molecule has 0 spiro atoms. The molecular formula is C20H28O3. The summed E-state index contributed by atoms with van der Waals surface area (Å²) in [6.07, 6.45) is 3.59. The van der Waals surface area contributed by atoms with Crippen molar-refractivity contribution in [3.8, 4) is 0 Å². The fourth-order valence-electron chi connectivity index (χ4n) is 4.57. The predicted octanol–water partition coefficient (Wildman–Crippen LogP) is 4.49. The number of benzene rings is 1. The number of aryl methyl sites for hydroxylation is 3. The Labute approximate surface area is 139 Å². The highest BCUT2D eigenvalue weighted by Crippen LogP contribution is 2.44. The van der Waals surface area contributed by atoms with E-state index in [-0.39, 0.29) is 5.78 Å². The molecule has 1 aromatic carbocycles. The van der Waals surface area contributed by atoms with Crippen LogP contribution in [0.25, 0.3) is 0 Å². The molecule has 1 aliphatic carbocycles. The second-order valence-electron chi connectivity index (χ2n) is 7.68. The van der Waals surface area contributed by atoms with Gasteiger partial charge < -0.3 is 5.11 Å². The van der Waals surface area contributed by atoms with Crippen LogP contribution in [0.15, 0.2) is 12.1 Å². The SMILES string of the molecule is Cc1cc(C)c(C(C)(C)C(=O)C2(C(=O)O)CCCCC2)c(C)c1. The van der Waals surface area contributed by atoms with Crippen molar-refractivity contribution in [1.29, 1.82) is 0 Å². The summed E-state index contributed by atoms with van der Waals surface area (Å²) >= 11 is 0. The van der Waals surface area contributed by atoms with Crippen molar-refractivity contribution >= 4 is 11.8 Å². The minimum absolute atomic E-state index is 0.132. The zero-order chi connectivity index (χ0) is 17.4. The molecule has 1 fully saturated rings. The Morgan fingerprint density at radius 1 is 1.00 bits per heavy atom. The predicted molar refractivity (Wildman–Crippen MR) is 91.8 cm³/mol. The van der Waals surface area contributed by atoms with Gasteiger partial charge in [-0.05, 0) is 64.2 Å². The molecule has 0 amide bonds. The van der Waals surface area contributed by atoms with Gasteiger partial charge in [0.15, 0.2) is 5.78 Å². The van der Waals surface area contributed by atoms with E-state index in [2.05, 4.69) is 12.1 Å². The summed E-state index contributed by atoms with van der Waals surface area (Å²) in [6.45, 7) is 9.84. The average Bonchev–Trinajstić information content (AvgIpc) is 2.45. The van der Waals surface area contributed by atoms with Crippen molar-refractivity contribution < 1.29 is 14.7 Å². The molecule has 126 valence electrons. The highest BCUT2D eigenvalue weighted by atomic mass is 16.4. The number of Topliss-reactive ketones (excluding diaryl/α,β-unsaturated/α-hetero) is 1. The molecular weight excluding hydrogens is 288 g/mol. The largest absolute Gasteiger partial charge is 0.480 e. The lowest BCUT2D eigenvalue weighted by atomic mass is 9.61. The Hall–Kier alpha value is -1.64. The Bertz CT molecular complexity index is 611. The Morgan fingerprint density at radius 2 is 1.48 bits per heavy atom. The fourth-order valence-corrected chi connectivity index (χ4v) is 4.57. The summed E-state index contributed by atoms with van der Waals surface area (Å²) < 4.78 is 0. The van der Waals surface area contributed by atoms with Crippen LogP contribution in [-0.4, -0.2) is 16.9 Å². The van der Waals surface area contributed by atoms with E-state index in [9.17, 15) is 14.7 Å². The summed E-state index contributed by atoms with van der Waals surface area (Å²) in [7, 11) is 0. The van der Waals surface area contributed by atoms with Crippen LogP contribution in [0.2, 0.25) is 0 Å². The minimum Gasteiger partial charge on any atom is -0.480 e. The number of rotatable bonds is 4. The monoisotopic (exact) mass is 316 g/mol. The number of carbonyl (C=O) groups excluding carboxylic acids is 1. The maximum Gasteiger partial charge on any atom is 0.317 e. The number of hydrogen-bond acceptors (Lipinski definition) is 2. The maximum absolute atomic E-state index is 13.4. The van der Waals surface area contributed by atoms with Crippen LogP contribution < -0.4 is 0 Å². The Kier molecular flexibility index (Phi) is 4.70. The summed E-state index contributed by atoms with van der Waals surface area (Å²) in [6, 6.07) is 4.15. The van der Waals surface area contributed by atoms with Crippen LogP contribution in [0, 0.1) is 26.2 Å². The van der Waals surface area contributed by atoms with Gasteiger partial charge in [0.1, 0.15) is 5.41 Å². The molecule has 0 unspecified atom stereocenters. The smallest absolute Gasteiger partial charge is 0.317 e. The van der Waals surface area contributed by atoms with Crippen LogP contribution in [-0.2, 0) is 15.0 Å². The summed E-state index contributed by atoms with van der Waals surface area (Å²) in [5.74, 6) is -1.08. The molecule has 3 heteroatoms. The molecule has 0 aromatic heterocycles. The highest BCUT2D eigenvalue weighted by molar-refractivity contribution is 6.08. The van der Waals surface area contributed by atoms with E-state index in [1.54, 1.807) is 0 Å². The molecule has 1 N–H and O–H groups in total. The second-order valence-corrected chi connectivity index (χ2v) is 7.68. The number of carbonyl (C=O) groups is 2. The van der Waals surface area contributed by atoms with E-state index in [1.807, 2.05) is 34.6 Å². The Balaban J connectivity index is 2.54. The summed E-state index contributed by atoms with van der Waals surface area (Å²) in [5, 5.41) is 9.83. The number of carboxylic acids is 1. The number of aliphatic carboxylic acids is 1. The minimum atomic E-state index is -1.22. The molecule has 0 bridgehead atoms. The van der Waals surface area contributed by atoms with E-state index in [0.717, 1.165) is 41.5 Å². The number of carboxylic acid groups (broad SMARTS) is 1. The van der Waals surface area contributed by atoms with E-state index < -0.39 is 16.8 Å². The number of hydrogen-bond donors (Lipinski definition) is 1. The first kappa shape index (κ1) is 17.7. The van der Waals surface area contributed by atoms with Gasteiger partial charge in [0.2, 0.25) is 0 Å². The summed E-state index contributed by atoms with van der Waals surface area (Å²) in [4.78, 5) is 25.4. The first-order valence-corrected chi connectivity index (χ1v) is 8.49. The average molecular weight is 316 g/mol. The quantitative estimate of drug-likeness (QED) is 0.832. The van der Waals surface area contributed by atoms with Gasteiger partial charge >= 0.3 is 5.97 Å². The van der Waals surface area contributed by atoms with Crippen LogP contribution in [0.3, 0.4) is 0 Å². The van der Waals surface area contributed by atoms with Crippen molar-refractivity contribution in [3.05, 3.63) is 34.4 Å². The zero-order valence-electron chi connectivity index (χ0n) is 15.0. The molecule has 0 heterocycles. The molecule has 0 atom stereocenters. The summed E-state index contributed by atoms with van der Waals surface area (Å²) in [5.41, 5.74) is 2.27. The third-order valence-corrected chi connectivity index (χ3v) is 5.42. The van der Waals surface area contributed by atoms with E-state index in [4.69, 9.17) is 0 Å². The molecule has 1 aliphatic rings. The van der Waals surface area contributed by atoms with Gasteiger partial charge in [-0.2, -0.15) is 0 Å². The molecule has 0 aliphatic heterocycles. The first-order chi connectivity index (χ1) is 10.6. The van der Waals surface area contributed by atoms with Crippen LogP contribution in [0.5, 0.6) is 0 Å². The van der Waals surface area contributed by atoms with Crippen molar-refractivity contribution in [2.45, 2.75) is 72.1 Å². The molecule has 23 heavy (non-hydrogen) atoms. The van der Waals surface area contributed by atoms with Gasteiger partial charge in [0, 0.05) is 5.41 Å². The van der Waals surface area contributed by atoms with Gasteiger partial charge in [0.25, 0.3) is 0 Å². The van der Waals surface area contributed by atoms with E-state index in [0.29, 0.717) is 12.8 Å². The van der Waals surface area contributed by atoms with Gasteiger partial charge in [-0.25, -0.2) is 0 Å². The molecule has 3 nitrogen and oxygen atoms in total. The van der Waals surface area contributed by atoms with Crippen LogP contribution >= 0.6 is 0 Å². The van der Waals surface area contributed by atoms with Gasteiger partial charge in [-0.15, -0.1) is 0 Å². The van der Waals surface area contributed by atoms with Crippen molar-refractivity contribution in [1.82, 2.24) is 0 Å². The lowest BCUT2D eigenvalue weighted by Crippen LogP contribution is -2.49.